The maximum Gasteiger partial charge on any atom is 0.0689 e. The summed E-state index contributed by atoms with van der Waals surface area (Å²) in [6, 6.07) is 22.3. The maximum absolute atomic E-state index is 2.44. The van der Waals surface area contributed by atoms with Gasteiger partial charge in [0.15, 0.2) is 0 Å². The molecule has 0 amide bonds. The molecule has 0 fully saturated rings. The highest BCUT2D eigenvalue weighted by atomic mass is 127. The fourth-order valence-electron chi connectivity index (χ4n) is 3.57. The first-order valence-corrected chi connectivity index (χ1v) is 11.3. The Morgan fingerprint density at radius 3 is 2.00 bits per heavy atom. The van der Waals surface area contributed by atoms with Crippen molar-refractivity contribution >= 4 is 65.7 Å². The second kappa shape index (κ2) is 7.44. The summed E-state index contributed by atoms with van der Waals surface area (Å²) in [4.78, 5) is 0. The van der Waals surface area contributed by atoms with E-state index in [-0.39, 0.29) is 0 Å². The summed E-state index contributed by atoms with van der Waals surface area (Å²) in [7, 11) is 0. The van der Waals surface area contributed by atoms with Gasteiger partial charge in [-0.05, 0) is 41.2 Å². The van der Waals surface area contributed by atoms with Crippen LogP contribution in [-0.2, 0) is 0 Å². The number of halogens is 1. The lowest BCUT2D eigenvalue weighted by molar-refractivity contribution is 0.867. The minimum absolute atomic E-state index is 0.532. The van der Waals surface area contributed by atoms with Crippen molar-refractivity contribution in [3.63, 3.8) is 0 Å². The first-order valence-electron chi connectivity index (χ1n) is 9.47. The minimum Gasteiger partial charge on any atom is -0.282 e. The summed E-state index contributed by atoms with van der Waals surface area (Å²) in [5, 5.41) is 2.73. The van der Waals surface area contributed by atoms with Crippen molar-refractivity contribution in [3.8, 4) is 0 Å². The second-order valence-electron chi connectivity index (χ2n) is 7.66. The largest absolute Gasteiger partial charge is 0.282 e. The molecule has 1 aromatic heterocycles. The van der Waals surface area contributed by atoms with Crippen molar-refractivity contribution in [1.82, 2.24) is 0 Å². The summed E-state index contributed by atoms with van der Waals surface area (Å²) in [6.07, 6.45) is 0. The molecule has 27 heavy (non-hydrogen) atoms. The molecule has 0 aliphatic carbocycles. The van der Waals surface area contributed by atoms with E-state index in [0.717, 1.165) is 0 Å². The molecule has 0 radical (unpaired) electrons. The molecule has 0 bridgehead atoms. The molecule has 0 saturated carbocycles. The molecule has 0 spiro atoms. The van der Waals surface area contributed by atoms with E-state index in [2.05, 4.69) is 114 Å². The van der Waals surface area contributed by atoms with Gasteiger partial charge >= 0.3 is 0 Å². The zero-order chi connectivity index (χ0) is 19.1. The molecule has 1 nitrogen and oxygen atoms in total. The number of benzene rings is 3. The molecule has 0 aliphatic heterocycles. The third kappa shape index (κ3) is 3.36. The van der Waals surface area contributed by atoms with Gasteiger partial charge in [-0.25, -0.2) is 0 Å². The Kier molecular flexibility index (Phi) is 5.17. The Bertz CT molecular complexity index is 1090. The van der Waals surface area contributed by atoms with Gasteiger partial charge in [-0.15, -0.1) is 11.3 Å². The first kappa shape index (κ1) is 18.8. The van der Waals surface area contributed by atoms with Gasteiger partial charge in [0, 0.05) is 15.5 Å². The summed E-state index contributed by atoms with van der Waals surface area (Å²) in [5.41, 5.74) is 5.31. The Labute approximate surface area is 179 Å². The maximum atomic E-state index is 2.44. The molecule has 4 rings (SSSR count). The predicted octanol–water partition coefficient (Wildman–Crippen LogP) is 8.79. The van der Waals surface area contributed by atoms with Gasteiger partial charge in [-0.2, -0.15) is 0 Å². The van der Waals surface area contributed by atoms with E-state index in [1.807, 2.05) is 11.3 Å². The fourth-order valence-corrected chi connectivity index (χ4v) is 5.92. The van der Waals surface area contributed by atoms with Crippen LogP contribution in [0.1, 0.15) is 50.7 Å². The van der Waals surface area contributed by atoms with Crippen LogP contribution >= 0.6 is 34.2 Å². The number of fused-ring (bicyclic) bond motifs is 3. The van der Waals surface area contributed by atoms with Crippen LogP contribution in [0.4, 0.5) is 11.4 Å². The van der Waals surface area contributed by atoms with Crippen molar-refractivity contribution in [1.29, 1.82) is 0 Å². The average Bonchev–Trinajstić information content (AvgIpc) is 3.06. The van der Waals surface area contributed by atoms with Crippen LogP contribution in [-0.4, -0.2) is 0 Å². The van der Waals surface area contributed by atoms with E-state index < -0.39 is 0 Å². The molecule has 0 atom stereocenters. The van der Waals surface area contributed by atoms with E-state index in [0.29, 0.717) is 11.8 Å². The molecule has 3 aromatic carbocycles. The number of anilines is 2. The number of nitrogens with zero attached hydrogens (tertiary/aromatic N) is 1. The zero-order valence-corrected chi connectivity index (χ0v) is 19.1. The minimum atomic E-state index is 0.532. The van der Waals surface area contributed by atoms with Gasteiger partial charge in [-0.3, -0.25) is 3.11 Å². The van der Waals surface area contributed by atoms with E-state index in [4.69, 9.17) is 0 Å². The highest BCUT2D eigenvalue weighted by Crippen LogP contribution is 2.44. The molecule has 138 valence electrons. The van der Waals surface area contributed by atoms with Gasteiger partial charge in [-0.1, -0.05) is 70.2 Å². The van der Waals surface area contributed by atoms with E-state index in [1.54, 1.807) is 0 Å². The normalized spacial score (nSPS) is 11.8. The van der Waals surface area contributed by atoms with Crippen molar-refractivity contribution in [2.24, 2.45) is 0 Å². The number of hydrogen-bond acceptors (Lipinski definition) is 2. The summed E-state index contributed by atoms with van der Waals surface area (Å²) in [6.45, 7) is 9.03. The Balaban J connectivity index is 1.86. The third-order valence-electron chi connectivity index (χ3n) is 5.15. The first-order chi connectivity index (χ1) is 13.0. The number of hydrogen-bond donors (Lipinski definition) is 0. The van der Waals surface area contributed by atoms with Gasteiger partial charge in [0.25, 0.3) is 0 Å². The van der Waals surface area contributed by atoms with Crippen molar-refractivity contribution in [2.75, 3.05) is 3.11 Å². The van der Waals surface area contributed by atoms with Crippen LogP contribution < -0.4 is 3.11 Å². The summed E-state index contributed by atoms with van der Waals surface area (Å²) >= 11 is 4.37. The SMILES string of the molecule is CC(C)c1ccc(N(I)c2cccc3c2sc2c(C(C)C)cccc23)cc1. The van der Waals surface area contributed by atoms with Crippen molar-refractivity contribution < 1.29 is 0 Å². The molecule has 0 unspecified atom stereocenters. The third-order valence-corrected chi connectivity index (χ3v) is 7.52. The molecular formula is C24H24INS. The average molecular weight is 485 g/mol. The van der Waals surface area contributed by atoms with Gasteiger partial charge in [0.2, 0.25) is 0 Å². The quantitative estimate of drug-likeness (QED) is 0.206. The Morgan fingerprint density at radius 2 is 1.37 bits per heavy atom. The highest BCUT2D eigenvalue weighted by Gasteiger charge is 2.16. The van der Waals surface area contributed by atoms with Crippen molar-refractivity contribution in [2.45, 2.75) is 39.5 Å². The lowest BCUT2D eigenvalue weighted by Crippen LogP contribution is -2.01. The zero-order valence-electron chi connectivity index (χ0n) is 16.2. The predicted molar refractivity (Wildman–Crippen MR) is 130 cm³/mol. The van der Waals surface area contributed by atoms with Crippen LogP contribution in [0.2, 0.25) is 0 Å². The van der Waals surface area contributed by atoms with E-state index >= 15 is 0 Å². The van der Waals surface area contributed by atoms with Crippen LogP contribution in [0.5, 0.6) is 0 Å². The standard InChI is InChI=1S/C24H24INS/c1-15(2)17-11-13-18(14-12-17)26(25)22-10-6-9-21-20-8-5-7-19(16(3)4)23(20)27-24(21)22/h5-16H,1-4H3. The van der Waals surface area contributed by atoms with Gasteiger partial charge in [0.1, 0.15) is 0 Å². The highest BCUT2D eigenvalue weighted by molar-refractivity contribution is 14.1. The van der Waals surface area contributed by atoms with Gasteiger partial charge in [0.05, 0.1) is 38.9 Å². The van der Waals surface area contributed by atoms with Crippen LogP contribution in [0.3, 0.4) is 0 Å². The number of thiophene rings is 1. The van der Waals surface area contributed by atoms with Gasteiger partial charge < -0.3 is 0 Å². The number of rotatable bonds is 4. The molecule has 4 aromatic rings. The van der Waals surface area contributed by atoms with Crippen LogP contribution in [0, 0.1) is 0 Å². The monoisotopic (exact) mass is 485 g/mol. The molecule has 0 aliphatic rings. The lowest BCUT2D eigenvalue weighted by atomic mass is 10.0. The lowest BCUT2D eigenvalue weighted by Gasteiger charge is -2.18. The van der Waals surface area contributed by atoms with Crippen LogP contribution in [0.15, 0.2) is 60.7 Å². The second-order valence-corrected chi connectivity index (χ2v) is 9.65. The molecule has 1 heterocycles. The Morgan fingerprint density at radius 1 is 0.741 bits per heavy atom. The van der Waals surface area contributed by atoms with E-state index in [9.17, 15) is 0 Å². The molecular weight excluding hydrogens is 461 g/mol. The summed E-state index contributed by atoms with van der Waals surface area (Å²) < 4.78 is 5.08. The molecule has 3 heteroatoms. The van der Waals surface area contributed by atoms with Crippen LogP contribution in [0.25, 0.3) is 20.2 Å². The molecule has 0 saturated heterocycles. The van der Waals surface area contributed by atoms with E-state index in [1.165, 1.54) is 42.7 Å². The fraction of sp³-hybridized carbons (Fsp3) is 0.250. The van der Waals surface area contributed by atoms with Crippen molar-refractivity contribution in [3.05, 3.63) is 71.8 Å². The summed E-state index contributed by atoms with van der Waals surface area (Å²) in [5.74, 6) is 1.09. The Hall–Kier alpha value is -1.59. The topological polar surface area (TPSA) is 3.24 Å². The molecule has 0 N–H and O–H groups in total. The smallest absolute Gasteiger partial charge is 0.0689 e.